The maximum atomic E-state index is 4.57. The molecule has 0 rings (SSSR count). The van der Waals surface area contributed by atoms with Crippen LogP contribution in [0.2, 0.25) is 0 Å². The molecule has 0 aromatic carbocycles. The molecule has 2 unspecified atom stereocenters. The Morgan fingerprint density at radius 3 is 0.504 bits per heavy atom. The molecule has 0 saturated carbocycles. The summed E-state index contributed by atoms with van der Waals surface area (Å²) in [5, 5.41) is 60.5. The average molecular weight is 2280 g/mol. The van der Waals surface area contributed by atoms with Crippen molar-refractivity contribution in [3.05, 3.63) is 74.4 Å². The van der Waals surface area contributed by atoms with Crippen LogP contribution in [-0.2, 0) is 117 Å². The van der Waals surface area contributed by atoms with E-state index in [1.54, 1.807) is 0 Å². The zero-order valence-corrected chi connectivity index (χ0v) is 109. The molecule has 0 bridgehead atoms. The minimum atomic E-state index is 0. The first-order valence-electron chi connectivity index (χ1n) is 49.8. The fraction of sp³-hybridized carbons (Fsp3) is 1.00. The molecule has 0 saturated heterocycles. The fourth-order valence-corrected chi connectivity index (χ4v) is 7.44. The first-order chi connectivity index (χ1) is 59.7. The summed E-state index contributed by atoms with van der Waals surface area (Å²) in [6.45, 7) is 88.2. The van der Waals surface area contributed by atoms with Crippen LogP contribution in [-0.4, -0.2) is 536 Å². The summed E-state index contributed by atoms with van der Waals surface area (Å²) >= 11 is 0. The van der Waals surface area contributed by atoms with E-state index in [4.69, 9.17) is 0 Å². The second-order valence-corrected chi connectivity index (χ2v) is 41.4. The van der Waals surface area contributed by atoms with Gasteiger partial charge >= 0.3 is 0 Å². The van der Waals surface area contributed by atoms with Crippen molar-refractivity contribution in [2.45, 2.75) is 252 Å². The van der Waals surface area contributed by atoms with E-state index in [0.29, 0.717) is 36.0 Å². The van der Waals surface area contributed by atoms with Gasteiger partial charge in [-0.3, -0.25) is 0 Å². The van der Waals surface area contributed by atoms with Gasteiger partial charge in [0.2, 0.25) is 0 Å². The summed E-state index contributed by atoms with van der Waals surface area (Å²) in [5.41, 5.74) is 0.623. The van der Waals surface area contributed by atoms with E-state index >= 15 is 0 Å². The van der Waals surface area contributed by atoms with E-state index < -0.39 is 0 Å². The molecule has 137 heavy (non-hydrogen) atoms. The van der Waals surface area contributed by atoms with E-state index in [1.165, 1.54) is 0 Å². The molecule has 35 heteroatoms. The second-order valence-electron chi connectivity index (χ2n) is 41.4. The molecular formula is C102H246Co7N28-14. The van der Waals surface area contributed by atoms with Gasteiger partial charge in [-0.15, -0.1) is 151 Å². The Kier molecular flexibility index (Phi) is 195. The Morgan fingerprint density at radius 2 is 0.365 bits per heavy atom. The summed E-state index contributed by atoms with van der Waals surface area (Å²) in [6, 6.07) is 2.06. The molecule has 7 radical (unpaired) electrons. The molecule has 871 valence electrons. The van der Waals surface area contributed by atoms with Gasteiger partial charge < -0.3 is 143 Å². The number of rotatable bonds is 58. The molecule has 0 aromatic rings. The van der Waals surface area contributed by atoms with Gasteiger partial charge in [0.25, 0.3) is 0 Å². The molecule has 0 aliphatic rings. The van der Waals surface area contributed by atoms with Crippen molar-refractivity contribution < 1.29 is 117 Å². The molecule has 28 nitrogen and oxygen atoms in total. The number of hydrogen-bond donors (Lipinski definition) is 0. The van der Waals surface area contributed by atoms with Crippen molar-refractivity contribution in [1.82, 2.24) is 68.6 Å². The maximum absolute atomic E-state index is 4.57. The van der Waals surface area contributed by atoms with Gasteiger partial charge in [0.1, 0.15) is 0 Å². The zero-order valence-electron chi connectivity index (χ0n) is 102. The second kappa shape index (κ2) is 140. The predicted octanol–water partition coefficient (Wildman–Crippen LogP) is 19.9. The molecule has 0 spiro atoms. The molecule has 0 heterocycles. The Morgan fingerprint density at radius 1 is 0.204 bits per heavy atom. The number of hydrogen-bond acceptors (Lipinski definition) is 14. The maximum Gasteiger partial charge on any atom is 0 e. The third-order valence-electron chi connectivity index (χ3n) is 17.2. The van der Waals surface area contributed by atoms with Crippen LogP contribution < -0.4 is 0 Å². The van der Waals surface area contributed by atoms with Crippen molar-refractivity contribution in [2.75, 3.05) is 421 Å². The molecule has 0 aliphatic heterocycles. The van der Waals surface area contributed by atoms with Crippen molar-refractivity contribution >= 4 is 0 Å². The van der Waals surface area contributed by atoms with Gasteiger partial charge in [0.05, 0.1) is 0 Å². The standard InChI is InChI=1S/2C9H21N2.6C8H19N2.2C7H17N2.2C6H15N2.2C5H13N2.7Co/c2*1-6-9(2,3)10-7-8-11(4)5;2*1-8(2,3)9-6-7-10(4)5;2*1-8(2)7-9-5-6-10(3)4;2*1-5-8(2)9-6-7-10(3)4;2*1-7(2)8-5-6-9(3)4;2*1-4-7-5-6-8(2)3;2*1-6-4-5-7(2)3;;;;;;;/h2*6-8H2,1-5H3;2*6-7H2,1-5H3;4*8H,5-7H2,1-4H3;2*7H,5-6H2,1-4H3;2*4-6H2,1-3H3;2*4-5H2,1-3H3;;;;;;;/q14*-1;;;;;;;. The van der Waals surface area contributed by atoms with Crippen LogP contribution in [0, 0.1) is 11.8 Å². The summed E-state index contributed by atoms with van der Waals surface area (Å²) in [4.78, 5) is 30.1. The van der Waals surface area contributed by atoms with Crippen LogP contribution in [0.3, 0.4) is 0 Å². The Balaban J connectivity index is -0.0000000555. The third-order valence-corrected chi connectivity index (χ3v) is 17.2. The fourth-order valence-electron chi connectivity index (χ4n) is 7.44. The van der Waals surface area contributed by atoms with E-state index in [1.807, 2.05) is 42.3 Å². The Bertz CT molecular complexity index is 1800. The van der Waals surface area contributed by atoms with Crippen LogP contribution in [0.5, 0.6) is 0 Å². The monoisotopic (exact) mass is 2280 g/mol. The van der Waals surface area contributed by atoms with E-state index in [9.17, 15) is 0 Å². The summed E-state index contributed by atoms with van der Waals surface area (Å²) in [7, 11) is 61.5. The van der Waals surface area contributed by atoms with Crippen LogP contribution in [0.25, 0.3) is 74.4 Å². The third kappa shape index (κ3) is 277. The average Bonchev–Trinajstić information content (AvgIpc) is 0.955. The first-order valence-corrected chi connectivity index (χ1v) is 49.8. The van der Waals surface area contributed by atoms with Gasteiger partial charge in [0, 0.05) is 117 Å². The summed E-state index contributed by atoms with van der Waals surface area (Å²) in [6.07, 6.45) is 4.57. The summed E-state index contributed by atoms with van der Waals surface area (Å²) in [5.74, 6) is 1.42. The molecule has 0 fully saturated rings. The van der Waals surface area contributed by atoms with Crippen molar-refractivity contribution in [3.8, 4) is 0 Å². The largest absolute Gasteiger partial charge is 0.664 e. The van der Waals surface area contributed by atoms with Crippen molar-refractivity contribution in [3.63, 3.8) is 0 Å². The zero-order chi connectivity index (χ0) is 105. The SMILES string of the molecule is CC(C)C[N-]CCN(C)C.CC(C)C[N-]CCN(C)C.CC(C)[N-]CCN(C)C.CC(C)[N-]CCN(C)C.CCC(C)(C)[N-]CCN(C)C.CCC(C)(C)[N-]CCN(C)C.CCC(C)[N-]CCN(C)C.CCC(C)[N-]CCN(C)C.CC[N-]CCN(C)C.CC[N-]CCN(C)C.CN(C)CC[N-]C(C)(C)C.CN(C)CC[N-]C(C)(C)C.C[N-]CCN(C)C.C[N-]CCN(C)C.[Co].[Co].[Co].[Co].[Co].[Co].[Co]. The number of nitrogens with zero attached hydrogens (tertiary/aromatic N) is 28. The molecule has 0 aliphatic carbocycles. The molecule has 2 atom stereocenters. The Labute approximate surface area is 937 Å². The quantitative estimate of drug-likeness (QED) is 0.0514. The van der Waals surface area contributed by atoms with Gasteiger partial charge in [0.15, 0.2) is 0 Å². The van der Waals surface area contributed by atoms with Crippen LogP contribution in [0.15, 0.2) is 0 Å². The normalized spacial score (nSPS) is 11.3. The molecule has 0 amide bonds. The van der Waals surface area contributed by atoms with Crippen LogP contribution in [0.1, 0.15) is 206 Å². The summed E-state index contributed by atoms with van der Waals surface area (Å²) < 4.78 is 0. The topological polar surface area (TPSA) is 243 Å². The Hall–Kier alpha value is 2.43. The molecule has 0 N–H and O–H groups in total. The van der Waals surface area contributed by atoms with Crippen molar-refractivity contribution in [2.24, 2.45) is 11.8 Å². The first kappa shape index (κ1) is 190. The van der Waals surface area contributed by atoms with E-state index in [-0.39, 0.29) is 140 Å². The molecule has 0 aromatic heterocycles. The number of likely N-dealkylation sites (N-methyl/N-ethyl adjacent to an activating group) is 18. The van der Waals surface area contributed by atoms with Gasteiger partial charge in [-0.2, -0.15) is 27.2 Å². The van der Waals surface area contributed by atoms with Gasteiger partial charge in [-0.05, 0) is 289 Å². The molecular weight excluding hydrogens is 2030 g/mol. The van der Waals surface area contributed by atoms with Crippen LogP contribution in [0.4, 0.5) is 0 Å². The van der Waals surface area contributed by atoms with Gasteiger partial charge in [-0.25, -0.2) is 0 Å². The smallest absolute Gasteiger partial charge is 0 e. The van der Waals surface area contributed by atoms with Crippen LogP contribution >= 0.6 is 0 Å². The van der Waals surface area contributed by atoms with E-state index in [2.05, 4.69) is 492 Å². The van der Waals surface area contributed by atoms with Gasteiger partial charge in [-0.1, -0.05) is 218 Å². The van der Waals surface area contributed by atoms with E-state index in [0.717, 1.165) is 235 Å². The minimum Gasteiger partial charge on any atom is -0.664 e. The predicted molar refractivity (Wildman–Crippen MR) is 605 cm³/mol. The minimum absolute atomic E-state index is 0. The van der Waals surface area contributed by atoms with Crippen molar-refractivity contribution in [1.29, 1.82) is 0 Å².